The maximum Gasteiger partial charge on any atom is 0.0947 e. The van der Waals surface area contributed by atoms with Crippen LogP contribution in [-0.4, -0.2) is 12.0 Å². The molecule has 0 aliphatic rings. The molecule has 0 saturated carbocycles. The van der Waals surface area contributed by atoms with E-state index in [1.54, 1.807) is 22.7 Å². The number of thiazole rings is 1. The smallest absolute Gasteiger partial charge is 0.0947 e. The lowest BCUT2D eigenvalue weighted by atomic mass is 10.1. The lowest BCUT2D eigenvalue weighted by Crippen LogP contribution is -2.18. The molecule has 2 rings (SSSR count). The molecule has 1 atom stereocenters. The largest absolute Gasteiger partial charge is 0.313 e. The summed E-state index contributed by atoms with van der Waals surface area (Å²) >= 11 is 3.55. The fourth-order valence-corrected chi connectivity index (χ4v) is 3.28. The number of nitrogens with one attached hydrogen (secondary N) is 1. The van der Waals surface area contributed by atoms with E-state index in [1.807, 2.05) is 14.0 Å². The van der Waals surface area contributed by atoms with Crippen molar-refractivity contribution in [2.45, 2.75) is 26.3 Å². The summed E-state index contributed by atoms with van der Waals surface area (Å²) < 4.78 is 0. The molecule has 16 heavy (non-hydrogen) atoms. The summed E-state index contributed by atoms with van der Waals surface area (Å²) in [5.41, 5.74) is 2.49. The number of likely N-dealkylation sites (N-methyl/N-ethyl adjacent to an activating group) is 1. The Hall–Kier alpha value is -0.710. The maximum atomic E-state index is 4.51. The van der Waals surface area contributed by atoms with Crippen LogP contribution < -0.4 is 5.32 Å². The van der Waals surface area contributed by atoms with Crippen LogP contribution in [0.5, 0.6) is 0 Å². The third kappa shape index (κ3) is 2.70. The molecule has 0 aliphatic carbocycles. The summed E-state index contributed by atoms with van der Waals surface area (Å²) in [6.45, 7) is 4.19. The molecule has 0 bridgehead atoms. The van der Waals surface area contributed by atoms with Crippen molar-refractivity contribution in [3.8, 4) is 0 Å². The van der Waals surface area contributed by atoms with E-state index in [1.165, 1.54) is 15.4 Å². The average molecular weight is 252 g/mol. The number of aryl methyl sites for hydroxylation is 2. The Morgan fingerprint density at radius 3 is 2.62 bits per heavy atom. The van der Waals surface area contributed by atoms with Gasteiger partial charge in [0.15, 0.2) is 0 Å². The molecule has 2 nitrogen and oxygen atoms in total. The van der Waals surface area contributed by atoms with Crippen LogP contribution in [-0.2, 0) is 6.42 Å². The molecular formula is C12H16N2S2. The van der Waals surface area contributed by atoms with E-state index >= 15 is 0 Å². The Morgan fingerprint density at radius 2 is 2.12 bits per heavy atom. The highest BCUT2D eigenvalue weighted by Crippen LogP contribution is 2.24. The van der Waals surface area contributed by atoms with Crippen molar-refractivity contribution in [3.63, 3.8) is 0 Å². The standard InChI is InChI=1S/C12H16N2S2/c1-8-6-16-12(14-8)5-11(13-3)10-4-9(2)15-7-10/h4,6-7,11,13H,5H2,1-3H3. The molecule has 4 heteroatoms. The Kier molecular flexibility index (Phi) is 3.74. The molecule has 0 aliphatic heterocycles. The number of rotatable bonds is 4. The Balaban J connectivity index is 2.12. The summed E-state index contributed by atoms with van der Waals surface area (Å²) in [5.74, 6) is 0. The zero-order valence-electron chi connectivity index (χ0n) is 9.78. The van der Waals surface area contributed by atoms with E-state index in [-0.39, 0.29) is 0 Å². The van der Waals surface area contributed by atoms with Crippen molar-refractivity contribution in [1.29, 1.82) is 0 Å². The Bertz CT molecular complexity index is 459. The fourth-order valence-electron chi connectivity index (χ4n) is 1.70. The quantitative estimate of drug-likeness (QED) is 0.903. The lowest BCUT2D eigenvalue weighted by molar-refractivity contribution is 0.591. The third-order valence-corrected chi connectivity index (χ3v) is 4.42. The first-order chi connectivity index (χ1) is 7.69. The van der Waals surface area contributed by atoms with Gasteiger partial charge >= 0.3 is 0 Å². The SMILES string of the molecule is CNC(Cc1nc(C)cs1)c1csc(C)c1. The van der Waals surface area contributed by atoms with Crippen LogP contribution >= 0.6 is 22.7 Å². The van der Waals surface area contributed by atoms with Gasteiger partial charge in [-0.1, -0.05) is 0 Å². The van der Waals surface area contributed by atoms with Gasteiger partial charge in [0.25, 0.3) is 0 Å². The van der Waals surface area contributed by atoms with E-state index in [4.69, 9.17) is 0 Å². The number of thiophene rings is 1. The molecule has 0 spiro atoms. The summed E-state index contributed by atoms with van der Waals surface area (Å²) in [5, 5.41) is 8.92. The molecular weight excluding hydrogens is 236 g/mol. The van der Waals surface area contributed by atoms with Gasteiger partial charge in [-0.2, -0.15) is 0 Å². The summed E-state index contributed by atoms with van der Waals surface area (Å²) in [4.78, 5) is 5.88. The zero-order valence-corrected chi connectivity index (χ0v) is 11.4. The van der Waals surface area contributed by atoms with Crippen LogP contribution in [0.25, 0.3) is 0 Å². The molecule has 0 fully saturated rings. The first kappa shape index (κ1) is 11.8. The topological polar surface area (TPSA) is 24.9 Å². The van der Waals surface area contributed by atoms with E-state index in [2.05, 4.69) is 34.1 Å². The second-order valence-electron chi connectivity index (χ2n) is 3.92. The molecule has 86 valence electrons. The van der Waals surface area contributed by atoms with Gasteiger partial charge in [0.05, 0.1) is 5.01 Å². The highest BCUT2D eigenvalue weighted by molar-refractivity contribution is 7.10. The van der Waals surface area contributed by atoms with Crippen LogP contribution in [0.3, 0.4) is 0 Å². The Labute approximate surface area is 104 Å². The van der Waals surface area contributed by atoms with Crippen LogP contribution in [0.4, 0.5) is 0 Å². The van der Waals surface area contributed by atoms with Crippen molar-refractivity contribution in [2.75, 3.05) is 7.05 Å². The third-order valence-electron chi connectivity index (χ3n) is 2.55. The monoisotopic (exact) mass is 252 g/mol. The average Bonchev–Trinajstić information content (AvgIpc) is 2.84. The number of nitrogens with zero attached hydrogens (tertiary/aromatic N) is 1. The van der Waals surface area contributed by atoms with Gasteiger partial charge in [0, 0.05) is 28.4 Å². The van der Waals surface area contributed by atoms with Gasteiger partial charge in [0.1, 0.15) is 0 Å². The van der Waals surface area contributed by atoms with E-state index < -0.39 is 0 Å². The van der Waals surface area contributed by atoms with E-state index in [0.717, 1.165) is 12.1 Å². The summed E-state index contributed by atoms with van der Waals surface area (Å²) in [6, 6.07) is 2.64. The first-order valence-electron chi connectivity index (χ1n) is 5.32. The van der Waals surface area contributed by atoms with Crippen molar-refractivity contribution < 1.29 is 0 Å². The minimum absolute atomic E-state index is 0.385. The predicted molar refractivity (Wildman–Crippen MR) is 71.4 cm³/mol. The zero-order chi connectivity index (χ0) is 11.5. The van der Waals surface area contributed by atoms with Crippen molar-refractivity contribution in [2.24, 2.45) is 0 Å². The fraction of sp³-hybridized carbons (Fsp3) is 0.417. The van der Waals surface area contributed by atoms with Gasteiger partial charge in [-0.3, -0.25) is 0 Å². The lowest BCUT2D eigenvalue weighted by Gasteiger charge is -2.12. The highest BCUT2D eigenvalue weighted by Gasteiger charge is 2.13. The minimum Gasteiger partial charge on any atom is -0.313 e. The molecule has 2 heterocycles. The van der Waals surface area contributed by atoms with Crippen molar-refractivity contribution in [1.82, 2.24) is 10.3 Å². The molecule has 0 amide bonds. The van der Waals surface area contributed by atoms with Gasteiger partial charge < -0.3 is 5.32 Å². The molecule has 2 aromatic heterocycles. The first-order valence-corrected chi connectivity index (χ1v) is 7.08. The number of aromatic nitrogens is 1. The number of hydrogen-bond donors (Lipinski definition) is 1. The maximum absolute atomic E-state index is 4.51. The van der Waals surface area contributed by atoms with Crippen molar-refractivity contribution in [3.05, 3.63) is 38.0 Å². The van der Waals surface area contributed by atoms with Gasteiger partial charge in [-0.15, -0.1) is 22.7 Å². The van der Waals surface area contributed by atoms with Crippen LogP contribution in [0.2, 0.25) is 0 Å². The van der Waals surface area contributed by atoms with Gasteiger partial charge in [-0.25, -0.2) is 4.98 Å². The second kappa shape index (κ2) is 5.08. The van der Waals surface area contributed by atoms with Crippen LogP contribution in [0, 0.1) is 13.8 Å². The Morgan fingerprint density at radius 1 is 1.31 bits per heavy atom. The van der Waals surface area contributed by atoms with Gasteiger partial charge in [-0.05, 0) is 37.9 Å². The molecule has 1 unspecified atom stereocenters. The van der Waals surface area contributed by atoms with Crippen molar-refractivity contribution >= 4 is 22.7 Å². The van der Waals surface area contributed by atoms with Gasteiger partial charge in [0.2, 0.25) is 0 Å². The molecule has 0 saturated heterocycles. The predicted octanol–water partition coefficient (Wildman–Crippen LogP) is 3.32. The van der Waals surface area contributed by atoms with Crippen LogP contribution in [0.1, 0.15) is 27.2 Å². The normalized spacial score (nSPS) is 12.9. The van der Waals surface area contributed by atoms with E-state index in [0.29, 0.717) is 6.04 Å². The van der Waals surface area contributed by atoms with E-state index in [9.17, 15) is 0 Å². The second-order valence-corrected chi connectivity index (χ2v) is 5.98. The summed E-state index contributed by atoms with van der Waals surface area (Å²) in [6.07, 6.45) is 0.977. The molecule has 0 radical (unpaired) electrons. The van der Waals surface area contributed by atoms with Crippen LogP contribution in [0.15, 0.2) is 16.8 Å². The summed E-state index contributed by atoms with van der Waals surface area (Å²) in [7, 11) is 2.01. The molecule has 1 N–H and O–H groups in total. The minimum atomic E-state index is 0.385. The highest BCUT2D eigenvalue weighted by atomic mass is 32.1. The number of hydrogen-bond acceptors (Lipinski definition) is 4. The molecule has 2 aromatic rings. The molecule has 0 aromatic carbocycles.